The number of nitrogens with zero attached hydrogens (tertiary/aromatic N) is 1. The fraction of sp³-hybridized carbons (Fsp3) is 0.900. The Balaban J connectivity index is 4.12. The minimum absolute atomic E-state index is 0.120. The molecule has 2 N–H and O–H groups in total. The van der Waals surface area contributed by atoms with Crippen molar-refractivity contribution in [2.24, 2.45) is 5.73 Å². The minimum Gasteiger partial charge on any atom is -0.444 e. The van der Waals surface area contributed by atoms with E-state index >= 15 is 0 Å². The fourth-order valence-electron chi connectivity index (χ4n) is 0.949. The predicted octanol–water partition coefficient (Wildman–Crippen LogP) is 1.59. The summed E-state index contributed by atoms with van der Waals surface area (Å²) in [4.78, 5) is 13.1. The number of hydrogen-bond acceptors (Lipinski definition) is 3. The zero-order valence-electron chi connectivity index (χ0n) is 9.83. The molecule has 0 radical (unpaired) electrons. The first-order chi connectivity index (χ1) is 6.28. The van der Waals surface area contributed by atoms with Crippen molar-refractivity contribution < 1.29 is 9.53 Å². The highest BCUT2D eigenvalue weighted by Crippen LogP contribution is 2.11. The molecule has 0 aliphatic carbocycles. The van der Waals surface area contributed by atoms with Crippen molar-refractivity contribution in [3.05, 3.63) is 0 Å². The maximum absolute atomic E-state index is 11.5. The van der Waals surface area contributed by atoms with Crippen molar-refractivity contribution in [1.29, 1.82) is 0 Å². The quantitative estimate of drug-likeness (QED) is 0.756. The monoisotopic (exact) mass is 202 g/mol. The number of amides is 1. The average molecular weight is 202 g/mol. The van der Waals surface area contributed by atoms with Crippen LogP contribution in [-0.2, 0) is 4.74 Å². The Bertz CT molecular complexity index is 187. The SMILES string of the molecule is C[C@H](CCN)N(C)C(=O)OC(C)(C)C. The molecule has 0 aromatic heterocycles. The summed E-state index contributed by atoms with van der Waals surface area (Å²) in [7, 11) is 1.73. The summed E-state index contributed by atoms with van der Waals surface area (Å²) in [6.07, 6.45) is 0.494. The Kier molecular flexibility index (Phi) is 4.91. The number of nitrogens with two attached hydrogens (primary N) is 1. The average Bonchev–Trinajstić information content (AvgIpc) is 2.00. The van der Waals surface area contributed by atoms with Crippen molar-refractivity contribution in [2.45, 2.75) is 45.8 Å². The van der Waals surface area contributed by atoms with Crippen molar-refractivity contribution in [1.82, 2.24) is 4.90 Å². The van der Waals surface area contributed by atoms with Crippen molar-refractivity contribution >= 4 is 6.09 Å². The summed E-state index contributed by atoms with van der Waals surface area (Å²) >= 11 is 0. The third-order valence-corrected chi connectivity index (χ3v) is 1.93. The zero-order chi connectivity index (χ0) is 11.4. The summed E-state index contributed by atoms with van der Waals surface area (Å²) in [5.41, 5.74) is 4.98. The van der Waals surface area contributed by atoms with Gasteiger partial charge in [-0.2, -0.15) is 0 Å². The van der Waals surface area contributed by atoms with E-state index in [2.05, 4.69) is 0 Å². The molecule has 0 heterocycles. The number of hydrogen-bond donors (Lipinski definition) is 1. The Morgan fingerprint density at radius 2 is 2.00 bits per heavy atom. The molecule has 0 fully saturated rings. The first kappa shape index (κ1) is 13.2. The number of rotatable bonds is 3. The lowest BCUT2D eigenvalue weighted by Gasteiger charge is -2.28. The molecule has 0 bridgehead atoms. The standard InChI is InChI=1S/C10H22N2O2/c1-8(6-7-11)12(5)9(13)14-10(2,3)4/h8H,6-7,11H2,1-5H3/t8-/m1/s1. The van der Waals surface area contributed by atoms with Gasteiger partial charge in [0.15, 0.2) is 0 Å². The minimum atomic E-state index is -0.437. The van der Waals surface area contributed by atoms with Crippen LogP contribution in [0.15, 0.2) is 0 Å². The van der Waals surface area contributed by atoms with Gasteiger partial charge < -0.3 is 15.4 Å². The molecule has 0 rings (SSSR count). The van der Waals surface area contributed by atoms with Gasteiger partial charge in [0.1, 0.15) is 5.60 Å². The zero-order valence-corrected chi connectivity index (χ0v) is 9.83. The molecule has 0 unspecified atom stereocenters. The van der Waals surface area contributed by atoms with Crippen LogP contribution in [0.25, 0.3) is 0 Å². The van der Waals surface area contributed by atoms with Crippen molar-refractivity contribution in [3.8, 4) is 0 Å². The van der Waals surface area contributed by atoms with Crippen molar-refractivity contribution in [2.75, 3.05) is 13.6 Å². The highest BCUT2D eigenvalue weighted by Gasteiger charge is 2.22. The van der Waals surface area contributed by atoms with E-state index in [0.717, 1.165) is 6.42 Å². The third-order valence-electron chi connectivity index (χ3n) is 1.93. The summed E-state index contributed by atoms with van der Waals surface area (Å²) in [6.45, 7) is 8.09. The normalized spacial score (nSPS) is 13.6. The lowest BCUT2D eigenvalue weighted by molar-refractivity contribution is 0.0231. The Labute approximate surface area is 86.4 Å². The van der Waals surface area contributed by atoms with Gasteiger partial charge in [0.25, 0.3) is 0 Å². The van der Waals surface area contributed by atoms with Crippen LogP contribution in [0.4, 0.5) is 4.79 Å². The molecule has 0 saturated carbocycles. The molecule has 14 heavy (non-hydrogen) atoms. The molecule has 0 aliphatic heterocycles. The van der Waals surface area contributed by atoms with Crippen LogP contribution < -0.4 is 5.73 Å². The van der Waals surface area contributed by atoms with Gasteiger partial charge in [-0.3, -0.25) is 0 Å². The second kappa shape index (κ2) is 5.20. The lowest BCUT2D eigenvalue weighted by Crippen LogP contribution is -2.40. The molecule has 0 aromatic carbocycles. The van der Waals surface area contributed by atoms with Crippen LogP contribution in [0, 0.1) is 0 Å². The highest BCUT2D eigenvalue weighted by atomic mass is 16.6. The molecule has 84 valence electrons. The van der Waals surface area contributed by atoms with E-state index in [1.807, 2.05) is 27.7 Å². The second-order valence-corrected chi connectivity index (χ2v) is 4.52. The molecule has 0 spiro atoms. The Morgan fingerprint density at radius 1 is 1.50 bits per heavy atom. The number of carbonyl (C=O) groups excluding carboxylic acids is 1. The van der Waals surface area contributed by atoms with Gasteiger partial charge in [-0.25, -0.2) is 4.79 Å². The van der Waals surface area contributed by atoms with E-state index in [0.29, 0.717) is 6.54 Å². The van der Waals surface area contributed by atoms with E-state index in [-0.39, 0.29) is 12.1 Å². The van der Waals surface area contributed by atoms with Gasteiger partial charge in [0, 0.05) is 13.1 Å². The third kappa shape index (κ3) is 5.07. The molecule has 1 atom stereocenters. The molecule has 1 amide bonds. The fourth-order valence-corrected chi connectivity index (χ4v) is 0.949. The van der Waals surface area contributed by atoms with E-state index in [4.69, 9.17) is 10.5 Å². The Hall–Kier alpha value is -0.770. The molecule has 0 aromatic rings. The molecular weight excluding hydrogens is 180 g/mol. The van der Waals surface area contributed by atoms with Gasteiger partial charge >= 0.3 is 6.09 Å². The second-order valence-electron chi connectivity index (χ2n) is 4.52. The van der Waals surface area contributed by atoms with Gasteiger partial charge in [0.05, 0.1) is 0 Å². The smallest absolute Gasteiger partial charge is 0.410 e. The predicted molar refractivity (Wildman–Crippen MR) is 57.1 cm³/mol. The van der Waals surface area contributed by atoms with Gasteiger partial charge in [-0.1, -0.05) is 0 Å². The summed E-state index contributed by atoms with van der Waals surface area (Å²) in [6, 6.07) is 0.120. The summed E-state index contributed by atoms with van der Waals surface area (Å²) < 4.78 is 5.21. The number of ether oxygens (including phenoxy) is 1. The summed E-state index contributed by atoms with van der Waals surface area (Å²) in [5.74, 6) is 0. The van der Waals surface area contributed by atoms with E-state index < -0.39 is 5.60 Å². The lowest BCUT2D eigenvalue weighted by atomic mass is 10.2. The number of carbonyl (C=O) groups is 1. The molecule has 4 heteroatoms. The van der Waals surface area contributed by atoms with Gasteiger partial charge in [-0.15, -0.1) is 0 Å². The van der Waals surface area contributed by atoms with E-state index in [9.17, 15) is 4.79 Å². The van der Waals surface area contributed by atoms with Crippen LogP contribution in [-0.4, -0.2) is 36.2 Å². The summed E-state index contributed by atoms with van der Waals surface area (Å²) in [5, 5.41) is 0. The van der Waals surface area contributed by atoms with Crippen LogP contribution in [0.3, 0.4) is 0 Å². The van der Waals surface area contributed by atoms with Crippen molar-refractivity contribution in [3.63, 3.8) is 0 Å². The van der Waals surface area contributed by atoms with Crippen LogP contribution in [0.2, 0.25) is 0 Å². The molecular formula is C10H22N2O2. The van der Waals surface area contributed by atoms with E-state index in [1.165, 1.54) is 0 Å². The highest BCUT2D eigenvalue weighted by molar-refractivity contribution is 5.68. The molecule has 0 saturated heterocycles. The maximum atomic E-state index is 11.5. The first-order valence-corrected chi connectivity index (χ1v) is 4.94. The maximum Gasteiger partial charge on any atom is 0.410 e. The van der Waals surface area contributed by atoms with Crippen LogP contribution in [0.1, 0.15) is 34.1 Å². The Morgan fingerprint density at radius 3 is 2.36 bits per heavy atom. The largest absolute Gasteiger partial charge is 0.444 e. The van der Waals surface area contributed by atoms with Crippen LogP contribution >= 0.6 is 0 Å². The van der Waals surface area contributed by atoms with Crippen LogP contribution in [0.5, 0.6) is 0 Å². The first-order valence-electron chi connectivity index (χ1n) is 4.94. The van der Waals surface area contributed by atoms with Gasteiger partial charge in [-0.05, 0) is 40.7 Å². The molecule has 0 aliphatic rings. The topological polar surface area (TPSA) is 55.6 Å². The van der Waals surface area contributed by atoms with E-state index in [1.54, 1.807) is 11.9 Å². The van der Waals surface area contributed by atoms with Gasteiger partial charge in [0.2, 0.25) is 0 Å². The molecule has 4 nitrogen and oxygen atoms in total.